The molecule has 6 heteroatoms. The monoisotopic (exact) mass is 370 g/mol. The zero-order chi connectivity index (χ0) is 18.8. The average Bonchev–Trinajstić information content (AvgIpc) is 3.48. The van der Waals surface area contributed by atoms with Gasteiger partial charge in [-0.1, -0.05) is 0 Å². The molecular formula is C21H30N4O2. The van der Waals surface area contributed by atoms with Crippen LogP contribution in [0.25, 0.3) is 0 Å². The minimum absolute atomic E-state index is 0.0215. The molecule has 0 spiro atoms. The molecule has 3 aliphatic heterocycles. The van der Waals surface area contributed by atoms with Gasteiger partial charge in [-0.3, -0.25) is 14.5 Å². The van der Waals surface area contributed by atoms with Crippen molar-refractivity contribution < 1.29 is 9.59 Å². The first-order valence-electron chi connectivity index (χ1n) is 10.2. The fourth-order valence-electron chi connectivity index (χ4n) is 4.52. The number of carbonyl (C=O) groups is 2. The van der Waals surface area contributed by atoms with Crippen molar-refractivity contribution in [1.82, 2.24) is 9.80 Å². The third-order valence-corrected chi connectivity index (χ3v) is 6.20. The molecule has 4 fully saturated rings. The Labute approximate surface area is 161 Å². The van der Waals surface area contributed by atoms with Gasteiger partial charge in [0.15, 0.2) is 0 Å². The minimum atomic E-state index is -0.459. The van der Waals surface area contributed by atoms with E-state index in [1.165, 1.54) is 38.8 Å². The third kappa shape index (κ3) is 4.87. The lowest BCUT2D eigenvalue weighted by Crippen LogP contribution is -2.44. The summed E-state index contributed by atoms with van der Waals surface area (Å²) in [6.45, 7) is 5.57. The SMILES string of the molecule is NC(=O)c1ccc(NC(=O)CCN2C[C@H]3CC[C@@H](C2)N(CC2CC2)C3)cc1. The molecule has 2 atom stereocenters. The van der Waals surface area contributed by atoms with E-state index < -0.39 is 5.91 Å². The predicted octanol–water partition coefficient (Wildman–Crippen LogP) is 1.92. The number of hydrogen-bond acceptors (Lipinski definition) is 4. The van der Waals surface area contributed by atoms with Crippen LogP contribution in [0, 0.1) is 11.8 Å². The van der Waals surface area contributed by atoms with Gasteiger partial charge >= 0.3 is 0 Å². The number of piperidine rings is 1. The standard InChI is InChI=1S/C21H30N4O2/c22-21(27)17-4-6-18(7-5-17)23-20(26)9-10-24-11-16-3-8-19(14-24)25(13-16)12-15-1-2-15/h4-7,15-16,19H,1-3,8-14H2,(H2,22,27)(H,23,26)/t16-,19+/m1/s1. The first-order chi connectivity index (χ1) is 13.1. The first-order valence-corrected chi connectivity index (χ1v) is 10.2. The topological polar surface area (TPSA) is 78.7 Å². The van der Waals surface area contributed by atoms with Gasteiger partial charge in [-0.25, -0.2) is 0 Å². The van der Waals surface area contributed by atoms with E-state index in [0.29, 0.717) is 23.7 Å². The van der Waals surface area contributed by atoms with E-state index in [9.17, 15) is 9.59 Å². The van der Waals surface area contributed by atoms with E-state index in [4.69, 9.17) is 5.73 Å². The van der Waals surface area contributed by atoms with Crippen molar-refractivity contribution in [2.45, 2.75) is 38.1 Å². The van der Waals surface area contributed by atoms with E-state index in [0.717, 1.165) is 31.5 Å². The van der Waals surface area contributed by atoms with Gasteiger partial charge in [0.1, 0.15) is 0 Å². The van der Waals surface area contributed by atoms with Gasteiger partial charge in [-0.15, -0.1) is 0 Å². The summed E-state index contributed by atoms with van der Waals surface area (Å²) < 4.78 is 0. The molecule has 5 rings (SSSR count). The molecule has 3 N–H and O–H groups in total. The number of benzene rings is 1. The lowest BCUT2D eigenvalue weighted by molar-refractivity contribution is -0.116. The highest BCUT2D eigenvalue weighted by atomic mass is 16.2. The second-order valence-corrected chi connectivity index (χ2v) is 8.49. The predicted molar refractivity (Wildman–Crippen MR) is 105 cm³/mol. The summed E-state index contributed by atoms with van der Waals surface area (Å²) in [6, 6.07) is 7.39. The Kier molecular flexibility index (Phi) is 5.45. The summed E-state index contributed by atoms with van der Waals surface area (Å²) in [6.07, 6.45) is 5.98. The number of fused-ring (bicyclic) bond motifs is 4. The lowest BCUT2D eigenvalue weighted by atomic mass is 9.95. The van der Waals surface area contributed by atoms with Crippen LogP contribution in [-0.4, -0.2) is 60.4 Å². The van der Waals surface area contributed by atoms with Crippen molar-refractivity contribution in [3.8, 4) is 0 Å². The van der Waals surface area contributed by atoms with Crippen molar-refractivity contribution in [1.29, 1.82) is 0 Å². The summed E-state index contributed by atoms with van der Waals surface area (Å²) in [4.78, 5) is 28.6. The molecule has 1 aromatic carbocycles. The number of amides is 2. The molecule has 2 amide bonds. The second kappa shape index (κ2) is 7.98. The maximum Gasteiger partial charge on any atom is 0.248 e. The van der Waals surface area contributed by atoms with Gasteiger partial charge in [0.05, 0.1) is 0 Å². The zero-order valence-corrected chi connectivity index (χ0v) is 15.9. The molecule has 6 nitrogen and oxygen atoms in total. The van der Waals surface area contributed by atoms with Crippen LogP contribution in [0.4, 0.5) is 5.69 Å². The molecule has 4 aliphatic rings. The molecule has 3 saturated heterocycles. The number of primary amides is 1. The largest absolute Gasteiger partial charge is 0.366 e. The molecule has 0 unspecified atom stereocenters. The van der Waals surface area contributed by atoms with E-state index in [-0.39, 0.29) is 5.91 Å². The molecule has 0 radical (unpaired) electrons. The summed E-state index contributed by atoms with van der Waals surface area (Å²) in [7, 11) is 0. The molecule has 146 valence electrons. The Balaban J connectivity index is 1.25. The van der Waals surface area contributed by atoms with Gasteiger partial charge in [0, 0.05) is 56.4 Å². The maximum absolute atomic E-state index is 12.3. The Morgan fingerprint density at radius 2 is 1.81 bits per heavy atom. The number of nitrogens with one attached hydrogen (secondary N) is 1. The van der Waals surface area contributed by atoms with Crippen molar-refractivity contribution in [2.75, 3.05) is 38.0 Å². The van der Waals surface area contributed by atoms with Crippen LogP contribution in [-0.2, 0) is 4.79 Å². The van der Waals surface area contributed by atoms with E-state index >= 15 is 0 Å². The Hall–Kier alpha value is -1.92. The van der Waals surface area contributed by atoms with E-state index in [1.54, 1.807) is 24.3 Å². The van der Waals surface area contributed by atoms with Crippen molar-refractivity contribution in [3.05, 3.63) is 29.8 Å². The van der Waals surface area contributed by atoms with Crippen LogP contribution in [0.3, 0.4) is 0 Å². The average molecular weight is 370 g/mol. The van der Waals surface area contributed by atoms with Crippen LogP contribution in [0.15, 0.2) is 24.3 Å². The highest BCUT2D eigenvalue weighted by Crippen LogP contribution is 2.34. The Morgan fingerprint density at radius 1 is 1.04 bits per heavy atom. The first kappa shape index (κ1) is 18.4. The lowest BCUT2D eigenvalue weighted by Gasteiger charge is -2.36. The molecule has 1 aliphatic carbocycles. The summed E-state index contributed by atoms with van der Waals surface area (Å²) >= 11 is 0. The normalized spacial score (nSPS) is 25.9. The number of hydrogen-bond donors (Lipinski definition) is 2. The van der Waals surface area contributed by atoms with Crippen LogP contribution < -0.4 is 11.1 Å². The summed E-state index contributed by atoms with van der Waals surface area (Å²) in [5.41, 5.74) is 6.39. The van der Waals surface area contributed by atoms with Crippen molar-refractivity contribution in [2.24, 2.45) is 17.6 Å². The van der Waals surface area contributed by atoms with Gasteiger partial charge in [0.25, 0.3) is 0 Å². The zero-order valence-electron chi connectivity index (χ0n) is 15.9. The molecule has 1 aromatic rings. The molecule has 1 saturated carbocycles. The minimum Gasteiger partial charge on any atom is -0.366 e. The number of nitrogens with two attached hydrogens (primary N) is 1. The molecule has 3 heterocycles. The molecule has 0 aromatic heterocycles. The van der Waals surface area contributed by atoms with Crippen LogP contribution >= 0.6 is 0 Å². The van der Waals surface area contributed by atoms with Crippen LogP contribution in [0.2, 0.25) is 0 Å². The van der Waals surface area contributed by atoms with Crippen LogP contribution in [0.1, 0.15) is 42.5 Å². The van der Waals surface area contributed by atoms with E-state index in [2.05, 4.69) is 15.1 Å². The second-order valence-electron chi connectivity index (χ2n) is 8.49. The van der Waals surface area contributed by atoms with Crippen molar-refractivity contribution in [3.63, 3.8) is 0 Å². The van der Waals surface area contributed by atoms with Gasteiger partial charge in [-0.05, 0) is 61.8 Å². The summed E-state index contributed by atoms with van der Waals surface area (Å²) in [5, 5.41) is 2.92. The van der Waals surface area contributed by atoms with Gasteiger partial charge in [-0.2, -0.15) is 0 Å². The smallest absolute Gasteiger partial charge is 0.248 e. The molecular weight excluding hydrogens is 340 g/mol. The van der Waals surface area contributed by atoms with E-state index in [1.807, 2.05) is 0 Å². The number of nitrogens with zero attached hydrogens (tertiary/aromatic N) is 2. The number of anilines is 1. The maximum atomic E-state index is 12.3. The highest BCUT2D eigenvalue weighted by molar-refractivity contribution is 5.94. The fourth-order valence-corrected chi connectivity index (χ4v) is 4.52. The van der Waals surface area contributed by atoms with Gasteiger partial charge < -0.3 is 16.0 Å². The third-order valence-electron chi connectivity index (χ3n) is 6.20. The quantitative estimate of drug-likeness (QED) is 0.769. The fraction of sp³-hybridized carbons (Fsp3) is 0.619. The molecule has 2 bridgehead atoms. The van der Waals surface area contributed by atoms with Crippen molar-refractivity contribution >= 4 is 17.5 Å². The number of carbonyl (C=O) groups excluding carboxylic acids is 2. The molecule has 27 heavy (non-hydrogen) atoms. The van der Waals surface area contributed by atoms with Gasteiger partial charge in [0.2, 0.25) is 11.8 Å². The highest BCUT2D eigenvalue weighted by Gasteiger charge is 2.37. The Bertz CT molecular complexity index is 686. The van der Waals surface area contributed by atoms with Crippen LogP contribution in [0.5, 0.6) is 0 Å². The Morgan fingerprint density at radius 3 is 2.52 bits per heavy atom. The number of rotatable bonds is 7. The summed E-state index contributed by atoms with van der Waals surface area (Å²) in [5.74, 6) is 1.27.